The molecule has 5 heteroatoms. The van der Waals surface area contributed by atoms with E-state index in [1.807, 2.05) is 37.3 Å². The van der Waals surface area contributed by atoms with Crippen molar-refractivity contribution >= 4 is 0 Å². The van der Waals surface area contributed by atoms with E-state index >= 15 is 0 Å². The molecule has 0 bridgehead atoms. The molecule has 0 fully saturated rings. The molecule has 20 heavy (non-hydrogen) atoms. The molecule has 0 aliphatic carbocycles. The first-order valence-electron chi connectivity index (χ1n) is 6.70. The Bertz CT molecular complexity index is 595. The van der Waals surface area contributed by atoms with Gasteiger partial charge in [-0.15, -0.1) is 5.10 Å². The number of nitriles is 1. The molecule has 1 aromatic heterocycles. The van der Waals surface area contributed by atoms with Crippen molar-refractivity contribution in [3.05, 3.63) is 41.2 Å². The lowest BCUT2D eigenvalue weighted by Gasteiger charge is -2.07. The van der Waals surface area contributed by atoms with Crippen LogP contribution in [0.15, 0.2) is 24.3 Å². The average molecular weight is 270 g/mol. The largest absolute Gasteiger partial charge is 0.494 e. The monoisotopic (exact) mass is 270 g/mol. The highest BCUT2D eigenvalue weighted by Gasteiger charge is 2.06. The fraction of sp³-hybridized carbons (Fsp3) is 0.400. The number of hydrogen-bond acceptors (Lipinski definition) is 4. The van der Waals surface area contributed by atoms with Gasteiger partial charge in [-0.25, -0.2) is 4.68 Å². The van der Waals surface area contributed by atoms with Crippen molar-refractivity contribution in [2.24, 2.45) is 0 Å². The minimum absolute atomic E-state index is 0.404. The Hall–Kier alpha value is -2.35. The van der Waals surface area contributed by atoms with Gasteiger partial charge in [-0.05, 0) is 38.8 Å². The molecule has 0 radical (unpaired) electrons. The van der Waals surface area contributed by atoms with Gasteiger partial charge in [0, 0.05) is 6.54 Å². The molecule has 2 rings (SSSR count). The molecule has 1 heterocycles. The smallest absolute Gasteiger partial charge is 0.185 e. The van der Waals surface area contributed by atoms with Gasteiger partial charge in [-0.1, -0.05) is 22.9 Å². The second-order valence-electron chi connectivity index (χ2n) is 4.73. The first-order chi connectivity index (χ1) is 9.70. The maximum absolute atomic E-state index is 8.80. The number of aromatic nitrogens is 3. The Morgan fingerprint density at radius 2 is 1.95 bits per heavy atom. The predicted molar refractivity (Wildman–Crippen MR) is 75.4 cm³/mol. The minimum atomic E-state index is 0.404. The number of nitrogens with zero attached hydrogens (tertiary/aromatic N) is 4. The van der Waals surface area contributed by atoms with Crippen LogP contribution < -0.4 is 4.74 Å². The maximum Gasteiger partial charge on any atom is 0.185 e. The van der Waals surface area contributed by atoms with Crippen molar-refractivity contribution in [3.8, 4) is 11.8 Å². The van der Waals surface area contributed by atoms with Crippen LogP contribution in [0.3, 0.4) is 0 Å². The fourth-order valence-electron chi connectivity index (χ4n) is 1.86. The SMILES string of the molecule is Cc1ccc(OCCCCn2nnc(C#N)c2C)cc1. The molecular weight excluding hydrogens is 252 g/mol. The number of unbranched alkanes of at least 4 members (excludes halogenated alkanes) is 1. The summed E-state index contributed by atoms with van der Waals surface area (Å²) in [5.74, 6) is 0.902. The first kappa shape index (κ1) is 14.1. The zero-order valence-electron chi connectivity index (χ0n) is 11.8. The topological polar surface area (TPSA) is 63.7 Å². The van der Waals surface area contributed by atoms with Gasteiger partial charge in [0.1, 0.15) is 11.8 Å². The maximum atomic E-state index is 8.80. The van der Waals surface area contributed by atoms with E-state index in [0.717, 1.165) is 30.8 Å². The van der Waals surface area contributed by atoms with E-state index in [0.29, 0.717) is 12.3 Å². The molecule has 0 amide bonds. The van der Waals surface area contributed by atoms with Crippen LogP contribution in [0.2, 0.25) is 0 Å². The third-order valence-electron chi connectivity index (χ3n) is 3.14. The van der Waals surface area contributed by atoms with Gasteiger partial charge in [-0.3, -0.25) is 0 Å². The summed E-state index contributed by atoms with van der Waals surface area (Å²) in [6.45, 7) is 5.36. The minimum Gasteiger partial charge on any atom is -0.494 e. The summed E-state index contributed by atoms with van der Waals surface area (Å²) in [7, 11) is 0. The summed E-state index contributed by atoms with van der Waals surface area (Å²) >= 11 is 0. The molecule has 0 N–H and O–H groups in total. The van der Waals surface area contributed by atoms with Crippen LogP contribution in [0, 0.1) is 25.2 Å². The van der Waals surface area contributed by atoms with Gasteiger partial charge >= 0.3 is 0 Å². The van der Waals surface area contributed by atoms with Crippen molar-refractivity contribution in [2.45, 2.75) is 33.2 Å². The van der Waals surface area contributed by atoms with Crippen molar-refractivity contribution in [3.63, 3.8) is 0 Å². The van der Waals surface area contributed by atoms with Gasteiger partial charge in [0.05, 0.1) is 12.3 Å². The van der Waals surface area contributed by atoms with Crippen LogP contribution in [0.25, 0.3) is 0 Å². The lowest BCUT2D eigenvalue weighted by molar-refractivity contribution is 0.301. The van der Waals surface area contributed by atoms with Gasteiger partial charge in [-0.2, -0.15) is 5.26 Å². The normalized spacial score (nSPS) is 10.2. The lowest BCUT2D eigenvalue weighted by atomic mass is 10.2. The van der Waals surface area contributed by atoms with Crippen LogP contribution in [0.5, 0.6) is 5.75 Å². The number of rotatable bonds is 6. The van der Waals surface area contributed by atoms with E-state index in [4.69, 9.17) is 10.00 Å². The Kier molecular flexibility index (Phi) is 4.72. The molecular formula is C15H18N4O. The Labute approximate surface area is 118 Å². The van der Waals surface area contributed by atoms with Crippen LogP contribution in [0.1, 0.15) is 29.8 Å². The molecule has 0 aliphatic rings. The summed E-state index contributed by atoms with van der Waals surface area (Å²) < 4.78 is 7.43. The highest BCUT2D eigenvalue weighted by molar-refractivity contribution is 5.26. The van der Waals surface area contributed by atoms with Gasteiger partial charge in [0.2, 0.25) is 0 Å². The summed E-state index contributed by atoms with van der Waals surface area (Å²) in [6, 6.07) is 10.1. The Morgan fingerprint density at radius 3 is 2.60 bits per heavy atom. The van der Waals surface area contributed by atoms with E-state index in [-0.39, 0.29) is 0 Å². The third-order valence-corrected chi connectivity index (χ3v) is 3.14. The van der Waals surface area contributed by atoms with Crippen LogP contribution >= 0.6 is 0 Å². The van der Waals surface area contributed by atoms with E-state index in [1.54, 1.807) is 4.68 Å². The van der Waals surface area contributed by atoms with Crippen LogP contribution in [-0.4, -0.2) is 21.6 Å². The highest BCUT2D eigenvalue weighted by Crippen LogP contribution is 2.12. The third kappa shape index (κ3) is 3.58. The van der Waals surface area contributed by atoms with Crippen molar-refractivity contribution in [1.82, 2.24) is 15.0 Å². The van der Waals surface area contributed by atoms with Gasteiger partial charge in [0.25, 0.3) is 0 Å². The molecule has 0 saturated heterocycles. The standard InChI is InChI=1S/C15H18N4O/c1-12-5-7-14(8-6-12)20-10-4-3-9-19-13(2)15(11-16)17-18-19/h5-8H,3-4,9-10H2,1-2H3. The molecule has 0 atom stereocenters. The second kappa shape index (κ2) is 6.71. The van der Waals surface area contributed by atoms with E-state index in [2.05, 4.69) is 17.2 Å². The number of hydrogen-bond donors (Lipinski definition) is 0. The highest BCUT2D eigenvalue weighted by atomic mass is 16.5. The summed E-state index contributed by atoms with van der Waals surface area (Å²) in [5, 5.41) is 16.6. The van der Waals surface area contributed by atoms with Crippen LogP contribution in [-0.2, 0) is 6.54 Å². The Morgan fingerprint density at radius 1 is 1.20 bits per heavy atom. The number of benzene rings is 1. The lowest BCUT2D eigenvalue weighted by Crippen LogP contribution is -2.05. The Balaban J connectivity index is 1.70. The van der Waals surface area contributed by atoms with E-state index in [1.165, 1.54) is 5.56 Å². The van der Waals surface area contributed by atoms with Crippen molar-refractivity contribution in [2.75, 3.05) is 6.61 Å². The second-order valence-corrected chi connectivity index (χ2v) is 4.73. The molecule has 1 aromatic carbocycles. The zero-order chi connectivity index (χ0) is 14.4. The molecule has 2 aromatic rings. The molecule has 0 unspecified atom stereocenters. The number of aryl methyl sites for hydroxylation is 2. The van der Waals surface area contributed by atoms with Gasteiger partial charge in [0.15, 0.2) is 5.69 Å². The summed E-state index contributed by atoms with van der Waals surface area (Å²) in [4.78, 5) is 0. The van der Waals surface area contributed by atoms with Crippen molar-refractivity contribution in [1.29, 1.82) is 5.26 Å². The van der Waals surface area contributed by atoms with E-state index < -0.39 is 0 Å². The number of ether oxygens (including phenoxy) is 1. The van der Waals surface area contributed by atoms with Crippen LogP contribution in [0.4, 0.5) is 0 Å². The molecule has 5 nitrogen and oxygen atoms in total. The van der Waals surface area contributed by atoms with E-state index in [9.17, 15) is 0 Å². The average Bonchev–Trinajstić information content (AvgIpc) is 2.81. The zero-order valence-corrected chi connectivity index (χ0v) is 11.8. The summed E-state index contributed by atoms with van der Waals surface area (Å²) in [6.07, 6.45) is 1.88. The quantitative estimate of drug-likeness (QED) is 0.757. The van der Waals surface area contributed by atoms with Gasteiger partial charge < -0.3 is 4.74 Å². The summed E-state index contributed by atoms with van der Waals surface area (Å²) in [5.41, 5.74) is 2.46. The molecule has 0 saturated carbocycles. The molecule has 0 spiro atoms. The first-order valence-corrected chi connectivity index (χ1v) is 6.70. The molecule has 104 valence electrons. The molecule has 0 aliphatic heterocycles. The fourth-order valence-corrected chi connectivity index (χ4v) is 1.86. The predicted octanol–water partition coefficient (Wildman–Crippen LogP) is 2.63. The van der Waals surface area contributed by atoms with Crippen molar-refractivity contribution < 1.29 is 4.74 Å².